The van der Waals surface area contributed by atoms with Crippen LogP contribution < -0.4 is 11.5 Å². The lowest BCUT2D eigenvalue weighted by Crippen LogP contribution is -2.18. The molecule has 0 saturated heterocycles. The second-order valence-corrected chi connectivity index (χ2v) is 6.06. The number of amides is 1. The number of nitrogen functional groups attached to an aromatic ring is 1. The molecule has 1 amide bonds. The summed E-state index contributed by atoms with van der Waals surface area (Å²) in [5, 5.41) is 9.67. The molecule has 0 radical (unpaired) electrons. The van der Waals surface area contributed by atoms with Gasteiger partial charge in [0.2, 0.25) is 0 Å². The third-order valence-electron chi connectivity index (χ3n) is 3.83. The zero-order valence-electron chi connectivity index (χ0n) is 13.6. The molecule has 2 aromatic carbocycles. The van der Waals surface area contributed by atoms with E-state index in [1.165, 1.54) is 30.3 Å². The Labute approximate surface area is 153 Å². The Bertz CT molecular complexity index is 1040. The van der Waals surface area contributed by atoms with E-state index in [9.17, 15) is 14.3 Å². The summed E-state index contributed by atoms with van der Waals surface area (Å²) in [5.74, 6) is -1.31. The Hall–Kier alpha value is -3.19. The highest BCUT2D eigenvalue weighted by atomic mass is 35.5. The number of anilines is 1. The van der Waals surface area contributed by atoms with Gasteiger partial charge in [-0.3, -0.25) is 4.79 Å². The number of primary amides is 1. The van der Waals surface area contributed by atoms with Gasteiger partial charge < -0.3 is 16.6 Å². The van der Waals surface area contributed by atoms with Crippen molar-refractivity contribution in [3.05, 3.63) is 58.5 Å². The van der Waals surface area contributed by atoms with Gasteiger partial charge in [0.25, 0.3) is 5.91 Å². The number of aryl methyl sites for hydroxylation is 1. The van der Waals surface area contributed by atoms with Gasteiger partial charge in [0.05, 0.1) is 16.4 Å². The van der Waals surface area contributed by atoms with E-state index in [2.05, 4.69) is 9.97 Å². The third kappa shape index (κ3) is 3.16. The number of nitrogens with two attached hydrogens (primary N) is 2. The van der Waals surface area contributed by atoms with Crippen LogP contribution in [0, 0.1) is 12.7 Å². The van der Waals surface area contributed by atoms with E-state index in [1.54, 1.807) is 13.0 Å². The van der Waals surface area contributed by atoms with Crippen LogP contribution in [0.4, 0.5) is 10.1 Å². The number of halogens is 2. The molecule has 0 fully saturated rings. The SMILES string of the molecule is Cc1ccc(O)cc1-c1nc(-c2ccc(F)c(Cl)c2)nc(C(N)=O)c1N. The molecule has 0 atom stereocenters. The van der Waals surface area contributed by atoms with Gasteiger partial charge in [-0.2, -0.15) is 0 Å². The van der Waals surface area contributed by atoms with E-state index >= 15 is 0 Å². The molecule has 0 aliphatic rings. The van der Waals surface area contributed by atoms with Crippen LogP contribution in [0.3, 0.4) is 0 Å². The molecule has 0 aliphatic carbocycles. The Kier molecular flexibility index (Phi) is 4.48. The third-order valence-corrected chi connectivity index (χ3v) is 4.12. The molecule has 1 heterocycles. The van der Waals surface area contributed by atoms with Gasteiger partial charge in [0, 0.05) is 11.1 Å². The van der Waals surface area contributed by atoms with Crippen molar-refractivity contribution in [2.45, 2.75) is 6.92 Å². The number of phenolic OH excluding ortho intramolecular Hbond substituents is 1. The lowest BCUT2D eigenvalue weighted by atomic mass is 10.0. The molecule has 3 aromatic rings. The zero-order chi connectivity index (χ0) is 19.0. The van der Waals surface area contributed by atoms with E-state index in [0.717, 1.165) is 5.56 Å². The smallest absolute Gasteiger partial charge is 0.269 e. The maximum absolute atomic E-state index is 13.4. The molecule has 6 nitrogen and oxygen atoms in total. The number of nitrogens with zero attached hydrogens (tertiary/aromatic N) is 2. The van der Waals surface area contributed by atoms with Gasteiger partial charge in [0.15, 0.2) is 11.5 Å². The molecule has 132 valence electrons. The topological polar surface area (TPSA) is 115 Å². The van der Waals surface area contributed by atoms with Gasteiger partial charge >= 0.3 is 0 Å². The molecule has 0 saturated carbocycles. The van der Waals surface area contributed by atoms with E-state index in [0.29, 0.717) is 11.1 Å². The van der Waals surface area contributed by atoms with E-state index in [-0.39, 0.29) is 33.7 Å². The van der Waals surface area contributed by atoms with Crippen molar-refractivity contribution in [2.75, 3.05) is 5.73 Å². The number of rotatable bonds is 3. The number of hydrogen-bond acceptors (Lipinski definition) is 5. The number of phenols is 1. The number of carbonyl (C=O) groups excluding carboxylic acids is 1. The summed E-state index contributed by atoms with van der Waals surface area (Å²) < 4.78 is 13.4. The number of hydrogen-bond donors (Lipinski definition) is 3. The molecular formula is C18H14ClFN4O2. The average Bonchev–Trinajstić information content (AvgIpc) is 2.59. The fourth-order valence-corrected chi connectivity index (χ4v) is 2.67. The van der Waals surface area contributed by atoms with Crippen molar-refractivity contribution in [3.8, 4) is 28.4 Å². The van der Waals surface area contributed by atoms with Crippen LogP contribution in [0.2, 0.25) is 5.02 Å². The molecule has 8 heteroatoms. The normalized spacial score (nSPS) is 10.7. The van der Waals surface area contributed by atoms with Gasteiger partial charge in [0.1, 0.15) is 11.6 Å². The van der Waals surface area contributed by atoms with Gasteiger partial charge in [-0.25, -0.2) is 14.4 Å². The van der Waals surface area contributed by atoms with Crippen molar-refractivity contribution < 1.29 is 14.3 Å². The molecule has 3 rings (SSSR count). The first kappa shape index (κ1) is 17.6. The van der Waals surface area contributed by atoms with Crippen LogP contribution in [0.15, 0.2) is 36.4 Å². The highest BCUT2D eigenvalue weighted by Gasteiger charge is 2.20. The zero-order valence-corrected chi connectivity index (χ0v) is 14.4. The molecule has 0 aliphatic heterocycles. The monoisotopic (exact) mass is 372 g/mol. The van der Waals surface area contributed by atoms with Crippen LogP contribution in [0.25, 0.3) is 22.6 Å². The van der Waals surface area contributed by atoms with Crippen LogP contribution in [-0.4, -0.2) is 21.0 Å². The summed E-state index contributed by atoms with van der Waals surface area (Å²) in [7, 11) is 0. The van der Waals surface area contributed by atoms with Crippen molar-refractivity contribution in [3.63, 3.8) is 0 Å². The van der Waals surface area contributed by atoms with Crippen LogP contribution in [0.5, 0.6) is 5.75 Å². The number of benzene rings is 2. The second kappa shape index (κ2) is 6.61. The quantitative estimate of drug-likeness (QED) is 0.652. The average molecular weight is 373 g/mol. The maximum atomic E-state index is 13.4. The summed E-state index contributed by atoms with van der Waals surface area (Å²) in [6, 6.07) is 8.61. The highest BCUT2D eigenvalue weighted by molar-refractivity contribution is 6.31. The first-order chi connectivity index (χ1) is 12.3. The lowest BCUT2D eigenvalue weighted by Gasteiger charge is -2.13. The number of carbonyl (C=O) groups is 1. The highest BCUT2D eigenvalue weighted by Crippen LogP contribution is 2.33. The molecular weight excluding hydrogens is 359 g/mol. The minimum absolute atomic E-state index is 0.00983. The number of aromatic hydroxyl groups is 1. The first-order valence-corrected chi connectivity index (χ1v) is 7.88. The van der Waals surface area contributed by atoms with E-state index in [1.807, 2.05) is 0 Å². The fraction of sp³-hybridized carbons (Fsp3) is 0.0556. The molecule has 0 spiro atoms. The second-order valence-electron chi connectivity index (χ2n) is 5.65. The van der Waals surface area contributed by atoms with Crippen molar-refractivity contribution in [2.24, 2.45) is 5.73 Å². The Morgan fingerprint density at radius 2 is 1.92 bits per heavy atom. The number of aromatic nitrogens is 2. The van der Waals surface area contributed by atoms with Gasteiger partial charge in [-0.1, -0.05) is 17.7 Å². The van der Waals surface area contributed by atoms with Crippen molar-refractivity contribution >= 4 is 23.2 Å². The predicted octanol–water partition coefficient (Wildman–Crippen LogP) is 3.30. The summed E-state index contributed by atoms with van der Waals surface area (Å²) in [6.07, 6.45) is 0. The Morgan fingerprint density at radius 3 is 2.58 bits per heavy atom. The fourth-order valence-electron chi connectivity index (χ4n) is 2.49. The van der Waals surface area contributed by atoms with Crippen LogP contribution >= 0.6 is 11.6 Å². The largest absolute Gasteiger partial charge is 0.508 e. The standard InChI is InChI=1S/C18H14ClFN4O2/c1-8-2-4-10(25)7-11(8)15-14(21)16(17(22)26)24-18(23-15)9-3-5-13(20)12(19)6-9/h2-7,25H,21H2,1H3,(H2,22,26). The summed E-state index contributed by atoms with van der Waals surface area (Å²) >= 11 is 5.82. The predicted molar refractivity (Wildman–Crippen MR) is 97.2 cm³/mol. The van der Waals surface area contributed by atoms with Gasteiger partial charge in [-0.15, -0.1) is 0 Å². The van der Waals surface area contributed by atoms with Crippen LogP contribution in [-0.2, 0) is 0 Å². The molecule has 26 heavy (non-hydrogen) atoms. The summed E-state index contributed by atoms with van der Waals surface area (Å²) in [4.78, 5) is 20.3. The van der Waals surface area contributed by atoms with Crippen molar-refractivity contribution in [1.29, 1.82) is 0 Å². The Balaban J connectivity index is 2.31. The lowest BCUT2D eigenvalue weighted by molar-refractivity contribution is 0.0996. The summed E-state index contributed by atoms with van der Waals surface area (Å²) in [5.41, 5.74) is 13.2. The minimum atomic E-state index is -0.835. The van der Waals surface area contributed by atoms with E-state index < -0.39 is 11.7 Å². The van der Waals surface area contributed by atoms with Crippen molar-refractivity contribution in [1.82, 2.24) is 9.97 Å². The minimum Gasteiger partial charge on any atom is -0.508 e. The summed E-state index contributed by atoms with van der Waals surface area (Å²) in [6.45, 7) is 1.80. The molecule has 1 aromatic heterocycles. The molecule has 0 unspecified atom stereocenters. The maximum Gasteiger partial charge on any atom is 0.269 e. The first-order valence-electron chi connectivity index (χ1n) is 7.50. The van der Waals surface area contributed by atoms with Gasteiger partial charge in [-0.05, 0) is 42.8 Å². The van der Waals surface area contributed by atoms with E-state index in [4.69, 9.17) is 23.1 Å². The Morgan fingerprint density at radius 1 is 1.19 bits per heavy atom. The molecule has 0 bridgehead atoms. The van der Waals surface area contributed by atoms with Crippen LogP contribution in [0.1, 0.15) is 16.1 Å². The molecule has 5 N–H and O–H groups in total.